The molecule has 1 amide bonds. The van der Waals surface area contributed by atoms with Crippen molar-refractivity contribution in [3.8, 4) is 0 Å². The minimum atomic E-state index is -3.10. The molecule has 1 heterocycles. The number of nitrogens with zero attached hydrogens (tertiary/aromatic N) is 1. The molecule has 0 aromatic rings. The van der Waals surface area contributed by atoms with Crippen molar-refractivity contribution < 1.29 is 18.3 Å². The summed E-state index contributed by atoms with van der Waals surface area (Å²) in [5.41, 5.74) is -0.834. The number of carbonyl (C=O) groups is 1. The summed E-state index contributed by atoms with van der Waals surface area (Å²) in [5.74, 6) is -0.310. The molecule has 0 radical (unpaired) electrons. The number of hydrogen-bond acceptors (Lipinski definition) is 4. The Bertz CT molecular complexity index is 361. The van der Waals surface area contributed by atoms with E-state index in [4.69, 9.17) is 0 Å². The minimum absolute atomic E-state index is 0.00884. The van der Waals surface area contributed by atoms with Gasteiger partial charge in [0.15, 0.2) is 0 Å². The van der Waals surface area contributed by atoms with Crippen LogP contribution in [-0.2, 0) is 14.6 Å². The Hall–Kier alpha value is -0.620. The number of piperidine rings is 1. The molecule has 5 nitrogen and oxygen atoms in total. The zero-order valence-corrected chi connectivity index (χ0v) is 10.6. The van der Waals surface area contributed by atoms with Gasteiger partial charge in [-0.1, -0.05) is 0 Å². The van der Waals surface area contributed by atoms with Crippen LogP contribution in [0.4, 0.5) is 0 Å². The molecule has 1 fully saturated rings. The monoisotopic (exact) mass is 249 g/mol. The van der Waals surface area contributed by atoms with Gasteiger partial charge in [0.25, 0.3) is 0 Å². The van der Waals surface area contributed by atoms with Gasteiger partial charge in [0.05, 0.1) is 11.4 Å². The fourth-order valence-electron chi connectivity index (χ4n) is 1.86. The fourth-order valence-corrected chi connectivity index (χ4v) is 2.41. The summed E-state index contributed by atoms with van der Waals surface area (Å²) >= 11 is 0. The fraction of sp³-hybridized carbons (Fsp3) is 0.900. The summed E-state index contributed by atoms with van der Waals surface area (Å²) in [4.78, 5) is 13.2. The van der Waals surface area contributed by atoms with Gasteiger partial charge in [-0.15, -0.1) is 0 Å². The van der Waals surface area contributed by atoms with Gasteiger partial charge < -0.3 is 10.0 Å². The number of carbonyl (C=O) groups excluding carboxylic acids is 1. The van der Waals surface area contributed by atoms with E-state index in [9.17, 15) is 18.3 Å². The molecule has 1 atom stereocenters. The second kappa shape index (κ2) is 4.71. The van der Waals surface area contributed by atoms with Gasteiger partial charge in [-0.05, 0) is 19.8 Å². The number of amides is 1. The average Bonchev–Trinajstić information content (AvgIpc) is 2.11. The van der Waals surface area contributed by atoms with Crippen LogP contribution in [0.25, 0.3) is 0 Å². The van der Waals surface area contributed by atoms with Crippen LogP contribution in [-0.4, -0.2) is 55.0 Å². The number of likely N-dealkylation sites (tertiary alicyclic amines) is 1. The molecule has 0 bridgehead atoms. The first kappa shape index (κ1) is 13.4. The largest absolute Gasteiger partial charge is 0.388 e. The van der Waals surface area contributed by atoms with Crippen LogP contribution < -0.4 is 0 Å². The molecule has 16 heavy (non-hydrogen) atoms. The number of hydrogen-bond donors (Lipinski definition) is 1. The molecule has 94 valence electrons. The Morgan fingerprint density at radius 3 is 2.62 bits per heavy atom. The maximum absolute atomic E-state index is 11.7. The Labute approximate surface area is 96.4 Å². The second-order valence-electron chi connectivity index (χ2n) is 4.80. The standard InChI is InChI=1S/C10H19NO4S/c1-10(13)5-3-6-11(8-10)9(12)4-7-16(2,14)15/h13H,3-8H2,1-2H3. The third kappa shape index (κ3) is 4.49. The summed E-state index contributed by atoms with van der Waals surface area (Å²) in [7, 11) is -3.10. The van der Waals surface area contributed by atoms with Gasteiger partial charge in [-0.3, -0.25) is 4.79 Å². The average molecular weight is 249 g/mol. The summed E-state index contributed by atoms with van der Waals surface area (Å²) in [6, 6.07) is 0. The topological polar surface area (TPSA) is 74.7 Å². The van der Waals surface area contributed by atoms with Crippen LogP contribution in [0.15, 0.2) is 0 Å². The van der Waals surface area contributed by atoms with Crippen molar-refractivity contribution in [3.05, 3.63) is 0 Å². The molecule has 0 saturated carbocycles. The lowest BCUT2D eigenvalue weighted by Gasteiger charge is -2.36. The van der Waals surface area contributed by atoms with Crippen LogP contribution >= 0.6 is 0 Å². The van der Waals surface area contributed by atoms with Crippen molar-refractivity contribution in [1.82, 2.24) is 4.90 Å². The van der Waals surface area contributed by atoms with E-state index >= 15 is 0 Å². The molecule has 1 saturated heterocycles. The molecule has 1 N–H and O–H groups in total. The summed E-state index contributed by atoms with van der Waals surface area (Å²) in [6.45, 7) is 2.61. The number of β-amino-alcohol motifs (C(OH)–C–C–N with tert-alkyl or cyclic N) is 1. The summed E-state index contributed by atoms with van der Waals surface area (Å²) < 4.78 is 21.9. The number of aliphatic hydroxyl groups is 1. The van der Waals surface area contributed by atoms with Crippen LogP contribution in [0.1, 0.15) is 26.2 Å². The Morgan fingerprint density at radius 2 is 2.12 bits per heavy atom. The van der Waals surface area contributed by atoms with Crippen LogP contribution in [0.2, 0.25) is 0 Å². The highest BCUT2D eigenvalue weighted by Crippen LogP contribution is 2.20. The van der Waals surface area contributed by atoms with Crippen molar-refractivity contribution in [3.63, 3.8) is 0 Å². The van der Waals surface area contributed by atoms with E-state index in [1.165, 1.54) is 0 Å². The first-order valence-electron chi connectivity index (χ1n) is 5.37. The molecule has 0 aromatic heterocycles. The third-order valence-corrected chi connectivity index (χ3v) is 3.66. The van der Waals surface area contributed by atoms with Crippen LogP contribution in [0, 0.1) is 0 Å². The highest BCUT2D eigenvalue weighted by molar-refractivity contribution is 7.90. The van der Waals surface area contributed by atoms with Gasteiger partial charge in [0, 0.05) is 25.8 Å². The van der Waals surface area contributed by atoms with Crippen LogP contribution in [0.3, 0.4) is 0 Å². The van der Waals surface area contributed by atoms with Crippen LogP contribution in [0.5, 0.6) is 0 Å². The van der Waals surface area contributed by atoms with Gasteiger partial charge in [-0.25, -0.2) is 8.42 Å². The highest BCUT2D eigenvalue weighted by Gasteiger charge is 2.30. The van der Waals surface area contributed by atoms with Gasteiger partial charge in [-0.2, -0.15) is 0 Å². The number of rotatable bonds is 3. The van der Waals surface area contributed by atoms with Crippen molar-refractivity contribution in [1.29, 1.82) is 0 Å². The van der Waals surface area contributed by atoms with Gasteiger partial charge in [0.2, 0.25) is 5.91 Å². The normalized spacial score (nSPS) is 26.8. The lowest BCUT2D eigenvalue weighted by molar-refractivity contribution is -0.137. The van der Waals surface area contributed by atoms with Gasteiger partial charge >= 0.3 is 0 Å². The van der Waals surface area contributed by atoms with E-state index in [0.717, 1.165) is 12.7 Å². The minimum Gasteiger partial charge on any atom is -0.388 e. The van der Waals surface area contributed by atoms with E-state index in [1.54, 1.807) is 11.8 Å². The van der Waals surface area contributed by atoms with Crippen molar-refractivity contribution >= 4 is 15.7 Å². The summed E-state index contributed by atoms with van der Waals surface area (Å²) in [5, 5.41) is 9.81. The quantitative estimate of drug-likeness (QED) is 0.751. The first-order valence-corrected chi connectivity index (χ1v) is 7.44. The molecule has 1 unspecified atom stereocenters. The Morgan fingerprint density at radius 1 is 1.50 bits per heavy atom. The maximum atomic E-state index is 11.7. The van der Waals surface area contributed by atoms with E-state index in [0.29, 0.717) is 19.5 Å². The molecule has 1 aliphatic heterocycles. The van der Waals surface area contributed by atoms with E-state index in [1.807, 2.05) is 0 Å². The molecule has 1 aliphatic rings. The molecule has 6 heteroatoms. The smallest absolute Gasteiger partial charge is 0.223 e. The van der Waals surface area contributed by atoms with Crippen molar-refractivity contribution in [2.75, 3.05) is 25.1 Å². The van der Waals surface area contributed by atoms with Crippen molar-refractivity contribution in [2.24, 2.45) is 0 Å². The zero-order valence-electron chi connectivity index (χ0n) is 9.77. The molecule has 0 aliphatic carbocycles. The maximum Gasteiger partial charge on any atom is 0.223 e. The second-order valence-corrected chi connectivity index (χ2v) is 7.06. The lowest BCUT2D eigenvalue weighted by atomic mass is 9.95. The van der Waals surface area contributed by atoms with Crippen molar-refractivity contribution in [2.45, 2.75) is 31.8 Å². The molecule has 0 aromatic carbocycles. The number of sulfone groups is 1. The Kier molecular flexibility index (Phi) is 3.96. The Balaban J connectivity index is 2.48. The molecule has 0 spiro atoms. The predicted octanol–water partition coefficient (Wildman–Crippen LogP) is -0.205. The zero-order chi connectivity index (χ0) is 12.4. The first-order chi connectivity index (χ1) is 7.20. The SMILES string of the molecule is CC1(O)CCCN(C(=O)CCS(C)(=O)=O)C1. The third-order valence-electron chi connectivity index (χ3n) is 2.71. The lowest BCUT2D eigenvalue weighted by Crippen LogP contribution is -2.48. The van der Waals surface area contributed by atoms with E-state index in [-0.39, 0.29) is 18.1 Å². The highest BCUT2D eigenvalue weighted by atomic mass is 32.2. The van der Waals surface area contributed by atoms with Gasteiger partial charge in [0.1, 0.15) is 9.84 Å². The van der Waals surface area contributed by atoms with E-state index < -0.39 is 15.4 Å². The predicted molar refractivity (Wildman–Crippen MR) is 60.8 cm³/mol. The molecule has 1 rings (SSSR count). The molecular formula is C10H19NO4S. The summed E-state index contributed by atoms with van der Waals surface area (Å²) in [6.07, 6.45) is 2.57. The van der Waals surface area contributed by atoms with E-state index in [2.05, 4.69) is 0 Å². The molecular weight excluding hydrogens is 230 g/mol.